The number of benzene rings is 2. The van der Waals surface area contributed by atoms with Gasteiger partial charge in [0.05, 0.1) is 16.4 Å². The van der Waals surface area contributed by atoms with Crippen LogP contribution in [0.3, 0.4) is 0 Å². The van der Waals surface area contributed by atoms with Gasteiger partial charge in [-0.3, -0.25) is 14.0 Å². The Morgan fingerprint density at radius 1 is 1.13 bits per heavy atom. The minimum Gasteiger partial charge on any atom is -0.485 e. The molecule has 0 saturated heterocycles. The number of fused-ring (bicyclic) bond motifs is 1. The summed E-state index contributed by atoms with van der Waals surface area (Å²) in [5, 5.41) is 5.07. The zero-order valence-electron chi connectivity index (χ0n) is 16.5. The first-order valence-electron chi connectivity index (χ1n) is 9.37. The molecule has 0 radical (unpaired) electrons. The lowest BCUT2D eigenvalue weighted by Crippen LogP contribution is -2.20. The minimum absolute atomic E-state index is 0.0890. The van der Waals surface area contributed by atoms with Crippen molar-refractivity contribution in [3.8, 4) is 11.5 Å². The van der Waals surface area contributed by atoms with Crippen molar-refractivity contribution >= 4 is 39.5 Å². The molecule has 0 aliphatic rings. The molecule has 0 fully saturated rings. The van der Waals surface area contributed by atoms with Crippen LogP contribution >= 0.6 is 22.9 Å². The molecule has 0 spiro atoms. The van der Waals surface area contributed by atoms with Crippen LogP contribution in [0.4, 0.5) is 5.69 Å². The molecule has 0 saturated carbocycles. The van der Waals surface area contributed by atoms with Crippen LogP contribution in [0.15, 0.2) is 64.8 Å². The van der Waals surface area contributed by atoms with E-state index in [1.807, 2.05) is 12.3 Å². The highest BCUT2D eigenvalue weighted by atomic mass is 35.5. The van der Waals surface area contributed by atoms with Crippen LogP contribution in [0.25, 0.3) is 4.96 Å². The molecule has 31 heavy (non-hydrogen) atoms. The van der Waals surface area contributed by atoms with E-state index in [0.29, 0.717) is 32.9 Å². The second-order valence-electron chi connectivity index (χ2n) is 6.63. The fourth-order valence-corrected chi connectivity index (χ4v) is 3.99. The third-order valence-corrected chi connectivity index (χ3v) is 5.62. The maximum absolute atomic E-state index is 12.3. The highest BCUT2D eigenvalue weighted by molar-refractivity contribution is 7.15. The first kappa shape index (κ1) is 20.9. The molecule has 0 bridgehead atoms. The molecular weight excluding hydrogens is 438 g/mol. The van der Waals surface area contributed by atoms with Gasteiger partial charge in [-0.15, -0.1) is 11.3 Å². The molecule has 2 heterocycles. The SMILES string of the molecule is Cc1csc2nc(COc3ccccc3NC(=O)COc3ccccc3Cl)cc(=O)n12. The number of hydrogen-bond acceptors (Lipinski definition) is 6. The monoisotopic (exact) mass is 455 g/mol. The predicted octanol–water partition coefficient (Wildman–Crippen LogP) is 4.31. The molecule has 0 aliphatic heterocycles. The normalized spacial score (nSPS) is 10.8. The molecule has 4 aromatic rings. The molecule has 9 heteroatoms. The van der Waals surface area contributed by atoms with Gasteiger partial charge in [-0.25, -0.2) is 4.98 Å². The molecule has 1 amide bonds. The zero-order chi connectivity index (χ0) is 21.8. The first-order chi connectivity index (χ1) is 15.0. The fourth-order valence-electron chi connectivity index (χ4n) is 2.91. The van der Waals surface area contributed by atoms with Gasteiger partial charge in [0.1, 0.15) is 18.1 Å². The Morgan fingerprint density at radius 2 is 1.87 bits per heavy atom. The molecule has 0 unspecified atom stereocenters. The van der Waals surface area contributed by atoms with E-state index < -0.39 is 0 Å². The van der Waals surface area contributed by atoms with Crippen LogP contribution in [-0.2, 0) is 11.4 Å². The molecule has 158 valence electrons. The summed E-state index contributed by atoms with van der Waals surface area (Å²) in [6.07, 6.45) is 0. The second-order valence-corrected chi connectivity index (χ2v) is 7.88. The number of anilines is 1. The van der Waals surface area contributed by atoms with E-state index in [-0.39, 0.29) is 24.7 Å². The molecule has 0 atom stereocenters. The quantitative estimate of drug-likeness (QED) is 0.449. The molecule has 0 aliphatic carbocycles. The number of halogens is 1. The standard InChI is InChI=1S/C22H18ClN3O4S/c1-14-13-31-22-24-15(10-21(28)26(14)22)11-29-19-9-5-3-7-17(19)25-20(27)12-30-18-8-4-2-6-16(18)23/h2-10,13H,11-12H2,1H3,(H,25,27). The van der Waals surface area contributed by atoms with Crippen molar-refractivity contribution in [3.05, 3.63) is 86.7 Å². The number of carbonyl (C=O) groups is 1. The van der Waals surface area contributed by atoms with Gasteiger partial charge >= 0.3 is 0 Å². The van der Waals surface area contributed by atoms with Crippen molar-refractivity contribution in [1.29, 1.82) is 0 Å². The molecule has 7 nitrogen and oxygen atoms in total. The number of ether oxygens (including phenoxy) is 2. The van der Waals surface area contributed by atoms with Crippen LogP contribution in [-0.4, -0.2) is 21.9 Å². The summed E-state index contributed by atoms with van der Waals surface area (Å²) >= 11 is 7.43. The topological polar surface area (TPSA) is 81.9 Å². The van der Waals surface area contributed by atoms with Gasteiger partial charge in [0.2, 0.25) is 0 Å². The predicted molar refractivity (Wildman–Crippen MR) is 120 cm³/mol. The molecule has 2 aromatic carbocycles. The van der Waals surface area contributed by atoms with Crippen LogP contribution in [0.1, 0.15) is 11.4 Å². The minimum atomic E-state index is -0.359. The van der Waals surface area contributed by atoms with Gasteiger partial charge in [-0.05, 0) is 31.2 Å². The third kappa shape index (κ3) is 4.87. The zero-order valence-corrected chi connectivity index (χ0v) is 18.1. The van der Waals surface area contributed by atoms with Crippen LogP contribution in [0, 0.1) is 6.92 Å². The summed E-state index contributed by atoms with van der Waals surface area (Å²) < 4.78 is 12.9. The number of aryl methyl sites for hydroxylation is 1. The van der Waals surface area contributed by atoms with E-state index in [2.05, 4.69) is 10.3 Å². The maximum Gasteiger partial charge on any atom is 0.262 e. The number of nitrogens with one attached hydrogen (secondary N) is 1. The van der Waals surface area contributed by atoms with Crippen molar-refractivity contribution in [2.24, 2.45) is 0 Å². The van der Waals surface area contributed by atoms with E-state index >= 15 is 0 Å². The van der Waals surface area contributed by atoms with Gasteiger partial charge in [-0.2, -0.15) is 0 Å². The molecule has 1 N–H and O–H groups in total. The lowest BCUT2D eigenvalue weighted by molar-refractivity contribution is -0.118. The van der Waals surface area contributed by atoms with Crippen molar-refractivity contribution < 1.29 is 14.3 Å². The number of thiazole rings is 1. The average molecular weight is 456 g/mol. The molecule has 4 rings (SSSR count). The number of aromatic nitrogens is 2. The summed E-state index contributed by atoms with van der Waals surface area (Å²) in [6.45, 7) is 1.74. The van der Waals surface area contributed by atoms with E-state index in [9.17, 15) is 9.59 Å². The Kier molecular flexibility index (Phi) is 6.20. The second kappa shape index (κ2) is 9.20. The first-order valence-corrected chi connectivity index (χ1v) is 10.6. The van der Waals surface area contributed by atoms with Gasteiger partial charge in [0.15, 0.2) is 11.6 Å². The Labute approximate surface area is 186 Å². The summed E-state index contributed by atoms with van der Waals surface area (Å²) in [7, 11) is 0. The average Bonchev–Trinajstić information content (AvgIpc) is 3.14. The lowest BCUT2D eigenvalue weighted by atomic mass is 10.3. The number of hydrogen-bond donors (Lipinski definition) is 1. The summed E-state index contributed by atoms with van der Waals surface area (Å²) in [5.41, 5.74) is 1.69. The smallest absolute Gasteiger partial charge is 0.262 e. The summed E-state index contributed by atoms with van der Waals surface area (Å²) in [5.74, 6) is 0.529. The number of rotatable bonds is 7. The Bertz CT molecular complexity index is 1300. The van der Waals surface area contributed by atoms with Crippen molar-refractivity contribution in [1.82, 2.24) is 9.38 Å². The summed E-state index contributed by atoms with van der Waals surface area (Å²) in [4.78, 5) is 29.7. The fraction of sp³-hybridized carbons (Fsp3) is 0.136. The molecular formula is C22H18ClN3O4S. The summed E-state index contributed by atoms with van der Waals surface area (Å²) in [6, 6.07) is 15.4. The van der Waals surface area contributed by atoms with E-state index in [0.717, 1.165) is 5.69 Å². The highest BCUT2D eigenvalue weighted by Gasteiger charge is 2.11. The number of para-hydroxylation sites is 3. The van der Waals surface area contributed by atoms with Gasteiger partial charge in [0.25, 0.3) is 11.5 Å². The van der Waals surface area contributed by atoms with Crippen molar-refractivity contribution in [2.45, 2.75) is 13.5 Å². The van der Waals surface area contributed by atoms with Crippen LogP contribution in [0.5, 0.6) is 11.5 Å². The Hall–Kier alpha value is -3.36. The van der Waals surface area contributed by atoms with E-state index in [4.69, 9.17) is 21.1 Å². The largest absolute Gasteiger partial charge is 0.485 e. The highest BCUT2D eigenvalue weighted by Crippen LogP contribution is 2.26. The number of amides is 1. The van der Waals surface area contributed by atoms with Crippen LogP contribution < -0.4 is 20.3 Å². The van der Waals surface area contributed by atoms with E-state index in [1.54, 1.807) is 52.9 Å². The Morgan fingerprint density at radius 3 is 2.68 bits per heavy atom. The number of carbonyl (C=O) groups excluding carboxylic acids is 1. The van der Waals surface area contributed by atoms with Gasteiger partial charge < -0.3 is 14.8 Å². The van der Waals surface area contributed by atoms with E-state index in [1.165, 1.54) is 17.4 Å². The van der Waals surface area contributed by atoms with Crippen molar-refractivity contribution in [3.63, 3.8) is 0 Å². The van der Waals surface area contributed by atoms with Crippen molar-refractivity contribution in [2.75, 3.05) is 11.9 Å². The molecule has 2 aromatic heterocycles. The van der Waals surface area contributed by atoms with Crippen LogP contribution in [0.2, 0.25) is 5.02 Å². The number of nitrogens with zero attached hydrogens (tertiary/aromatic N) is 2. The van der Waals surface area contributed by atoms with Gasteiger partial charge in [-0.1, -0.05) is 35.9 Å². The van der Waals surface area contributed by atoms with Gasteiger partial charge in [0, 0.05) is 17.1 Å². The third-order valence-electron chi connectivity index (χ3n) is 4.36. The lowest BCUT2D eigenvalue weighted by Gasteiger charge is -2.13. The maximum atomic E-state index is 12.3. The Balaban J connectivity index is 1.42.